The lowest BCUT2D eigenvalue weighted by Gasteiger charge is -2.08. The summed E-state index contributed by atoms with van der Waals surface area (Å²) in [7, 11) is 0. The van der Waals surface area contributed by atoms with Gasteiger partial charge in [-0.2, -0.15) is 0 Å². The molecule has 1 N–H and O–H groups in total. The fraction of sp³-hybridized carbons (Fsp3) is 0.214. The molecule has 7 heteroatoms. The summed E-state index contributed by atoms with van der Waals surface area (Å²) >= 11 is 11.8. The number of carbonyl (C=O) groups excluding carboxylic acids is 2. The van der Waals surface area contributed by atoms with E-state index in [9.17, 15) is 9.59 Å². The van der Waals surface area contributed by atoms with Gasteiger partial charge in [-0.3, -0.25) is 4.79 Å². The van der Waals surface area contributed by atoms with Crippen molar-refractivity contribution in [2.75, 3.05) is 11.9 Å². The molecule has 1 amide bonds. The van der Waals surface area contributed by atoms with Crippen molar-refractivity contribution in [3.8, 4) is 0 Å². The third kappa shape index (κ3) is 5.57. The van der Waals surface area contributed by atoms with Gasteiger partial charge in [-0.25, -0.2) is 9.78 Å². The van der Waals surface area contributed by atoms with Gasteiger partial charge in [-0.15, -0.1) is 0 Å². The van der Waals surface area contributed by atoms with E-state index < -0.39 is 18.5 Å². The molecule has 5 nitrogen and oxygen atoms in total. The van der Waals surface area contributed by atoms with Crippen LogP contribution in [0.4, 0.5) is 5.82 Å². The molecule has 0 atom stereocenters. The number of hydrogen-bond acceptors (Lipinski definition) is 4. The van der Waals surface area contributed by atoms with Crippen LogP contribution >= 0.6 is 23.2 Å². The Morgan fingerprint density at radius 1 is 1.38 bits per heavy atom. The highest BCUT2D eigenvalue weighted by atomic mass is 35.5. The number of amides is 1. The molecule has 21 heavy (non-hydrogen) atoms. The highest BCUT2D eigenvalue weighted by Crippen LogP contribution is 2.28. The van der Waals surface area contributed by atoms with E-state index in [1.54, 1.807) is 19.1 Å². The number of nitrogens with one attached hydrogen (secondary N) is 1. The molecule has 1 aromatic rings. The van der Waals surface area contributed by atoms with Gasteiger partial charge in [0.2, 0.25) is 0 Å². The van der Waals surface area contributed by atoms with Crippen molar-refractivity contribution in [1.29, 1.82) is 0 Å². The number of anilines is 1. The molecule has 0 saturated carbocycles. The Bertz CT molecular complexity index is 598. The average molecular weight is 329 g/mol. The number of hydrogen-bond donors (Lipinski definition) is 1. The van der Waals surface area contributed by atoms with E-state index in [1.165, 1.54) is 18.3 Å². The van der Waals surface area contributed by atoms with Crippen molar-refractivity contribution in [3.63, 3.8) is 0 Å². The number of carbonyl (C=O) groups is 2. The minimum Gasteiger partial charge on any atom is -0.452 e. The van der Waals surface area contributed by atoms with Crippen molar-refractivity contribution in [1.82, 2.24) is 4.98 Å². The molecule has 1 aromatic heterocycles. The summed E-state index contributed by atoms with van der Waals surface area (Å²) in [6, 6.07) is 0. The molecule has 112 valence electrons. The highest BCUT2D eigenvalue weighted by molar-refractivity contribution is 6.37. The van der Waals surface area contributed by atoms with Gasteiger partial charge in [0.25, 0.3) is 5.91 Å². The molecule has 0 spiro atoms. The van der Waals surface area contributed by atoms with Crippen LogP contribution in [0.5, 0.6) is 0 Å². The molecular weight excluding hydrogens is 315 g/mol. The first-order valence-electron chi connectivity index (χ1n) is 6.02. The molecule has 0 aliphatic rings. The molecular formula is C14H14Cl2N2O3. The predicted molar refractivity (Wildman–Crippen MR) is 82.5 cm³/mol. The third-order valence-corrected chi connectivity index (χ3v) is 3.19. The van der Waals surface area contributed by atoms with E-state index >= 15 is 0 Å². The Morgan fingerprint density at radius 2 is 2.10 bits per heavy atom. The molecule has 0 fully saturated rings. The SMILES string of the molecule is C/C=C/C=C/C(=O)OCC(=O)Nc1ncc(Cl)c(C)c1Cl. The van der Waals surface area contributed by atoms with Gasteiger partial charge < -0.3 is 10.1 Å². The van der Waals surface area contributed by atoms with Crippen molar-refractivity contribution >= 4 is 40.9 Å². The zero-order valence-corrected chi connectivity index (χ0v) is 13.0. The molecule has 0 bridgehead atoms. The summed E-state index contributed by atoms with van der Waals surface area (Å²) in [5.41, 5.74) is 0.606. The topological polar surface area (TPSA) is 68.3 Å². The number of esters is 1. The van der Waals surface area contributed by atoms with Gasteiger partial charge in [0, 0.05) is 12.3 Å². The Labute approximate surface area is 132 Å². The molecule has 0 aromatic carbocycles. The normalized spacial score (nSPS) is 11.0. The second-order valence-corrected chi connectivity index (χ2v) is 4.72. The van der Waals surface area contributed by atoms with E-state index in [2.05, 4.69) is 10.3 Å². The minimum atomic E-state index is -0.616. The zero-order valence-electron chi connectivity index (χ0n) is 11.5. The molecule has 0 radical (unpaired) electrons. The first-order valence-corrected chi connectivity index (χ1v) is 6.78. The standard InChI is InChI=1S/C14H14Cl2N2O3/c1-3-4-5-6-12(20)21-8-11(19)18-14-13(16)9(2)10(15)7-17-14/h3-7H,8H2,1-2H3,(H,17,18,19)/b4-3+,6-5+. The molecule has 1 rings (SSSR count). The van der Waals surface area contributed by atoms with Crippen LogP contribution in [0.3, 0.4) is 0 Å². The van der Waals surface area contributed by atoms with Crippen LogP contribution in [0.15, 0.2) is 30.5 Å². The zero-order chi connectivity index (χ0) is 15.8. The first-order chi connectivity index (χ1) is 9.95. The minimum absolute atomic E-state index is 0.170. The Balaban J connectivity index is 2.55. The summed E-state index contributed by atoms with van der Waals surface area (Å²) in [4.78, 5) is 26.8. The summed E-state index contributed by atoms with van der Waals surface area (Å²) in [5, 5.41) is 3.09. The molecule has 1 heterocycles. The van der Waals surface area contributed by atoms with Crippen LogP contribution in [0.2, 0.25) is 10.0 Å². The molecule has 0 aliphatic heterocycles. The number of halogens is 2. The van der Waals surface area contributed by atoms with Gasteiger partial charge in [0.1, 0.15) is 0 Å². The molecule has 0 aliphatic carbocycles. The van der Waals surface area contributed by atoms with Gasteiger partial charge in [-0.1, -0.05) is 41.4 Å². The summed E-state index contributed by atoms with van der Waals surface area (Å²) < 4.78 is 4.75. The Hall–Kier alpha value is -1.85. The number of aromatic nitrogens is 1. The van der Waals surface area contributed by atoms with Crippen LogP contribution in [0, 0.1) is 6.92 Å². The molecule has 0 unspecified atom stereocenters. The lowest BCUT2D eigenvalue weighted by atomic mass is 10.3. The maximum atomic E-state index is 11.6. The van der Waals surface area contributed by atoms with Crippen molar-refractivity contribution in [2.45, 2.75) is 13.8 Å². The lowest BCUT2D eigenvalue weighted by Crippen LogP contribution is -2.21. The van der Waals surface area contributed by atoms with Gasteiger partial charge >= 0.3 is 5.97 Å². The van der Waals surface area contributed by atoms with Crippen LogP contribution in [-0.2, 0) is 14.3 Å². The van der Waals surface area contributed by atoms with E-state index in [0.29, 0.717) is 10.6 Å². The van der Waals surface area contributed by atoms with Crippen LogP contribution in [0.25, 0.3) is 0 Å². The van der Waals surface area contributed by atoms with Crippen LogP contribution in [0.1, 0.15) is 12.5 Å². The maximum absolute atomic E-state index is 11.6. The van der Waals surface area contributed by atoms with Crippen LogP contribution < -0.4 is 5.32 Å². The smallest absolute Gasteiger partial charge is 0.331 e. The van der Waals surface area contributed by atoms with Crippen LogP contribution in [-0.4, -0.2) is 23.5 Å². The van der Waals surface area contributed by atoms with Crippen molar-refractivity contribution < 1.29 is 14.3 Å². The number of rotatable bonds is 5. The average Bonchev–Trinajstić information content (AvgIpc) is 2.46. The van der Waals surface area contributed by atoms with Crippen molar-refractivity contribution in [2.24, 2.45) is 0 Å². The second kappa shape index (κ2) is 8.44. The first kappa shape index (κ1) is 17.2. The summed E-state index contributed by atoms with van der Waals surface area (Å²) in [6.07, 6.45) is 7.53. The van der Waals surface area contributed by atoms with Crippen molar-refractivity contribution in [3.05, 3.63) is 46.1 Å². The van der Waals surface area contributed by atoms with E-state index in [0.717, 1.165) is 0 Å². The second-order valence-electron chi connectivity index (χ2n) is 3.93. The van der Waals surface area contributed by atoms with E-state index in [1.807, 2.05) is 6.92 Å². The third-order valence-electron chi connectivity index (χ3n) is 2.34. The summed E-state index contributed by atoms with van der Waals surface area (Å²) in [6.45, 7) is 3.08. The highest BCUT2D eigenvalue weighted by Gasteiger charge is 2.12. The number of pyridine rings is 1. The fourth-order valence-electron chi connectivity index (χ4n) is 1.24. The number of nitrogens with zero attached hydrogens (tertiary/aromatic N) is 1. The summed E-state index contributed by atoms with van der Waals surface area (Å²) in [5.74, 6) is -0.988. The predicted octanol–water partition coefficient (Wildman–Crippen LogP) is 3.31. The number of ether oxygens (including phenoxy) is 1. The van der Waals surface area contributed by atoms with Gasteiger partial charge in [0.15, 0.2) is 12.4 Å². The quantitative estimate of drug-likeness (QED) is 0.511. The Morgan fingerprint density at radius 3 is 2.76 bits per heavy atom. The van der Waals surface area contributed by atoms with Gasteiger partial charge in [-0.05, 0) is 19.4 Å². The van der Waals surface area contributed by atoms with Gasteiger partial charge in [0.05, 0.1) is 10.0 Å². The lowest BCUT2D eigenvalue weighted by molar-refractivity contribution is -0.142. The van der Waals surface area contributed by atoms with E-state index in [4.69, 9.17) is 27.9 Å². The Kier molecular flexibility index (Phi) is 6.91. The fourth-order valence-corrected chi connectivity index (χ4v) is 1.63. The molecule has 0 saturated heterocycles. The monoisotopic (exact) mass is 328 g/mol. The largest absolute Gasteiger partial charge is 0.452 e. The number of allylic oxidation sites excluding steroid dienone is 3. The van der Waals surface area contributed by atoms with E-state index in [-0.39, 0.29) is 10.8 Å². The maximum Gasteiger partial charge on any atom is 0.331 e.